The molecule has 0 bridgehead atoms. The normalized spacial score (nSPS) is 11.3. The van der Waals surface area contributed by atoms with Gasteiger partial charge in [-0.3, -0.25) is 4.57 Å². The fourth-order valence-electron chi connectivity index (χ4n) is 1.97. The molecule has 2 N–H and O–H groups in total. The first-order chi connectivity index (χ1) is 9.19. The van der Waals surface area contributed by atoms with Gasteiger partial charge in [0.05, 0.1) is 11.2 Å². The number of hydrogen-bond donors (Lipinski definition) is 1. The van der Waals surface area contributed by atoms with Crippen molar-refractivity contribution in [1.82, 2.24) is 9.55 Å². The lowest BCUT2D eigenvalue weighted by atomic mass is 10.2. The zero-order valence-corrected chi connectivity index (χ0v) is 11.2. The minimum atomic E-state index is -0.352. The maximum absolute atomic E-state index is 11.4. The van der Waals surface area contributed by atoms with E-state index in [9.17, 15) is 4.79 Å². The van der Waals surface area contributed by atoms with Crippen molar-refractivity contribution in [3.05, 3.63) is 39.8 Å². The highest BCUT2D eigenvalue weighted by Gasteiger charge is 2.09. The Kier molecular flexibility index (Phi) is 2.96. The van der Waals surface area contributed by atoms with Crippen molar-refractivity contribution in [2.24, 2.45) is 12.8 Å². The number of rotatable bonds is 3. The predicted octanol–water partition coefficient (Wildman–Crippen LogP) is 1.76. The summed E-state index contributed by atoms with van der Waals surface area (Å²) in [5.41, 5.74) is 8.83. The second kappa shape index (κ2) is 4.64. The minimum absolute atomic E-state index is 0.352. The second-order valence-electron chi connectivity index (χ2n) is 4.29. The maximum atomic E-state index is 11.4. The monoisotopic (exact) mass is 275 g/mol. The second-order valence-corrected chi connectivity index (χ2v) is 5.15. The molecule has 0 spiro atoms. The van der Waals surface area contributed by atoms with Crippen LogP contribution in [0, 0.1) is 0 Å². The molecule has 0 aliphatic rings. The van der Waals surface area contributed by atoms with Crippen LogP contribution in [0.5, 0.6) is 0 Å². The highest BCUT2D eigenvalue weighted by atomic mass is 32.1. The van der Waals surface area contributed by atoms with Gasteiger partial charge in [0.15, 0.2) is 5.58 Å². The van der Waals surface area contributed by atoms with Gasteiger partial charge in [-0.25, -0.2) is 9.78 Å². The molecule has 0 fully saturated rings. The van der Waals surface area contributed by atoms with E-state index < -0.39 is 0 Å². The quantitative estimate of drug-likeness (QED) is 0.790. The Morgan fingerprint density at radius 1 is 1.47 bits per heavy atom. The molecule has 0 aliphatic heterocycles. The summed E-state index contributed by atoms with van der Waals surface area (Å²) in [4.78, 5) is 16.0. The standard InChI is InChI=1S/C13H13N3O2S/c1-16-10-3-2-8(6-11(10)18-13(16)17)12-15-9(4-5-14)7-19-12/h2-3,6-7H,4-5,14H2,1H3. The van der Waals surface area contributed by atoms with E-state index in [-0.39, 0.29) is 5.76 Å². The van der Waals surface area contributed by atoms with Crippen LogP contribution < -0.4 is 11.5 Å². The number of hydrogen-bond acceptors (Lipinski definition) is 5. The van der Waals surface area contributed by atoms with Gasteiger partial charge in [-0.05, 0) is 24.7 Å². The lowest BCUT2D eigenvalue weighted by Crippen LogP contribution is -2.08. The average Bonchev–Trinajstić information content (AvgIpc) is 2.96. The first-order valence-corrected chi connectivity index (χ1v) is 6.81. The maximum Gasteiger partial charge on any atom is 0.419 e. The first kappa shape index (κ1) is 12.1. The fourth-order valence-corrected chi connectivity index (χ4v) is 2.82. The van der Waals surface area contributed by atoms with Crippen LogP contribution in [-0.2, 0) is 13.5 Å². The zero-order valence-electron chi connectivity index (χ0n) is 10.4. The van der Waals surface area contributed by atoms with Crippen molar-refractivity contribution < 1.29 is 4.42 Å². The molecule has 2 aromatic heterocycles. The van der Waals surface area contributed by atoms with Gasteiger partial charge in [0.2, 0.25) is 0 Å². The van der Waals surface area contributed by atoms with Gasteiger partial charge in [0.1, 0.15) is 5.01 Å². The first-order valence-electron chi connectivity index (χ1n) is 5.93. The van der Waals surface area contributed by atoms with E-state index in [2.05, 4.69) is 4.98 Å². The van der Waals surface area contributed by atoms with Crippen LogP contribution in [0.2, 0.25) is 0 Å². The van der Waals surface area contributed by atoms with E-state index in [1.165, 1.54) is 4.57 Å². The number of fused-ring (bicyclic) bond motifs is 1. The van der Waals surface area contributed by atoms with Crippen molar-refractivity contribution in [3.63, 3.8) is 0 Å². The van der Waals surface area contributed by atoms with Crippen LogP contribution in [0.4, 0.5) is 0 Å². The topological polar surface area (TPSA) is 74.0 Å². The molecule has 0 saturated carbocycles. The Morgan fingerprint density at radius 2 is 2.32 bits per heavy atom. The molecular formula is C13H13N3O2S. The smallest absolute Gasteiger partial charge is 0.408 e. The summed E-state index contributed by atoms with van der Waals surface area (Å²) in [6.07, 6.45) is 0.777. The zero-order chi connectivity index (χ0) is 13.4. The number of nitrogens with zero attached hydrogens (tertiary/aromatic N) is 2. The van der Waals surface area contributed by atoms with Gasteiger partial charge >= 0.3 is 5.76 Å². The van der Waals surface area contributed by atoms with Crippen LogP contribution >= 0.6 is 11.3 Å². The molecule has 0 atom stereocenters. The van der Waals surface area contributed by atoms with Gasteiger partial charge in [-0.1, -0.05) is 0 Å². The van der Waals surface area contributed by atoms with Crippen LogP contribution in [0.15, 0.2) is 32.8 Å². The molecule has 19 heavy (non-hydrogen) atoms. The number of benzene rings is 1. The average molecular weight is 275 g/mol. The SMILES string of the molecule is Cn1c(=O)oc2cc(-c3nc(CCN)cs3)ccc21. The molecular weight excluding hydrogens is 262 g/mol. The summed E-state index contributed by atoms with van der Waals surface area (Å²) >= 11 is 1.57. The third-order valence-electron chi connectivity index (χ3n) is 2.99. The fraction of sp³-hybridized carbons (Fsp3) is 0.231. The highest BCUT2D eigenvalue weighted by molar-refractivity contribution is 7.13. The van der Waals surface area contributed by atoms with Crippen molar-refractivity contribution in [3.8, 4) is 10.6 Å². The van der Waals surface area contributed by atoms with Crippen molar-refractivity contribution >= 4 is 22.4 Å². The van der Waals surface area contributed by atoms with Crippen LogP contribution in [-0.4, -0.2) is 16.1 Å². The van der Waals surface area contributed by atoms with Crippen LogP contribution in [0.1, 0.15) is 5.69 Å². The summed E-state index contributed by atoms with van der Waals surface area (Å²) in [7, 11) is 1.69. The number of nitrogens with two attached hydrogens (primary N) is 1. The summed E-state index contributed by atoms with van der Waals surface area (Å²) in [5, 5.41) is 2.92. The van der Waals surface area contributed by atoms with Crippen molar-refractivity contribution in [1.29, 1.82) is 0 Å². The number of thiazole rings is 1. The molecule has 0 unspecified atom stereocenters. The van der Waals surface area contributed by atoms with Gasteiger partial charge in [0, 0.05) is 24.4 Å². The van der Waals surface area contributed by atoms with E-state index in [0.717, 1.165) is 28.2 Å². The van der Waals surface area contributed by atoms with Gasteiger partial charge in [-0.15, -0.1) is 11.3 Å². The van der Waals surface area contributed by atoms with E-state index in [1.54, 1.807) is 18.4 Å². The lowest BCUT2D eigenvalue weighted by molar-refractivity contribution is 0.528. The summed E-state index contributed by atoms with van der Waals surface area (Å²) < 4.78 is 6.67. The third-order valence-corrected chi connectivity index (χ3v) is 3.93. The molecule has 0 aliphatic carbocycles. The molecule has 0 saturated heterocycles. The Morgan fingerprint density at radius 3 is 3.11 bits per heavy atom. The lowest BCUT2D eigenvalue weighted by Gasteiger charge is -1.96. The molecule has 3 rings (SSSR count). The number of aryl methyl sites for hydroxylation is 1. The summed E-state index contributed by atoms with van der Waals surface area (Å²) in [5.74, 6) is -0.352. The molecule has 6 heteroatoms. The largest absolute Gasteiger partial charge is 0.419 e. The van der Waals surface area contributed by atoms with E-state index >= 15 is 0 Å². The van der Waals surface area contributed by atoms with E-state index in [4.69, 9.17) is 10.2 Å². The Labute approximate surface area is 113 Å². The molecule has 2 heterocycles. The van der Waals surface area contributed by atoms with Crippen LogP contribution in [0.3, 0.4) is 0 Å². The highest BCUT2D eigenvalue weighted by Crippen LogP contribution is 2.26. The Bertz CT molecular complexity index is 785. The molecule has 5 nitrogen and oxygen atoms in total. The van der Waals surface area contributed by atoms with E-state index in [0.29, 0.717) is 12.1 Å². The molecule has 98 valence electrons. The Balaban J connectivity index is 2.07. The molecule has 3 aromatic rings. The predicted molar refractivity (Wildman–Crippen MR) is 75.3 cm³/mol. The summed E-state index contributed by atoms with van der Waals surface area (Å²) in [6, 6.07) is 5.67. The van der Waals surface area contributed by atoms with Crippen LogP contribution in [0.25, 0.3) is 21.7 Å². The number of oxazole rings is 1. The van der Waals surface area contributed by atoms with Gasteiger partial charge < -0.3 is 10.2 Å². The molecule has 1 aromatic carbocycles. The molecule has 0 radical (unpaired) electrons. The van der Waals surface area contributed by atoms with Gasteiger partial charge in [0.25, 0.3) is 0 Å². The minimum Gasteiger partial charge on any atom is -0.408 e. The Hall–Kier alpha value is -1.92. The van der Waals surface area contributed by atoms with Crippen molar-refractivity contribution in [2.75, 3.05) is 6.54 Å². The number of aromatic nitrogens is 2. The molecule has 0 amide bonds. The van der Waals surface area contributed by atoms with E-state index in [1.807, 2.05) is 23.6 Å². The van der Waals surface area contributed by atoms with Gasteiger partial charge in [-0.2, -0.15) is 0 Å². The third kappa shape index (κ3) is 2.09. The summed E-state index contributed by atoms with van der Waals surface area (Å²) in [6.45, 7) is 0.593. The van der Waals surface area contributed by atoms with Crippen molar-refractivity contribution in [2.45, 2.75) is 6.42 Å².